The van der Waals surface area contributed by atoms with E-state index in [-0.39, 0.29) is 23.8 Å². The second-order valence-corrected chi connectivity index (χ2v) is 5.78. The van der Waals surface area contributed by atoms with Gasteiger partial charge in [-0.15, -0.1) is 0 Å². The zero-order valence-corrected chi connectivity index (χ0v) is 13.7. The van der Waals surface area contributed by atoms with Crippen molar-refractivity contribution in [3.8, 4) is 5.75 Å². The molecule has 0 spiro atoms. The Labute approximate surface area is 139 Å². The highest BCUT2D eigenvalue weighted by molar-refractivity contribution is 5.96. The van der Waals surface area contributed by atoms with Crippen molar-refractivity contribution in [2.45, 2.75) is 25.8 Å². The van der Waals surface area contributed by atoms with Gasteiger partial charge in [-0.25, -0.2) is 4.39 Å². The van der Waals surface area contributed by atoms with Crippen molar-refractivity contribution in [3.05, 3.63) is 58.3 Å². The van der Waals surface area contributed by atoms with Gasteiger partial charge in [0.25, 0.3) is 5.56 Å². The summed E-state index contributed by atoms with van der Waals surface area (Å²) in [5, 5.41) is 0. The van der Waals surface area contributed by atoms with Crippen molar-refractivity contribution < 1.29 is 13.9 Å². The molecule has 1 aromatic heterocycles. The molecule has 1 amide bonds. The number of hydrogen-bond acceptors (Lipinski definition) is 3. The molecule has 2 aromatic rings. The van der Waals surface area contributed by atoms with E-state index in [2.05, 4.69) is 0 Å². The van der Waals surface area contributed by atoms with Crippen LogP contribution in [0.5, 0.6) is 5.75 Å². The summed E-state index contributed by atoms with van der Waals surface area (Å²) in [6, 6.07) is 8.02. The fourth-order valence-corrected chi connectivity index (χ4v) is 3.09. The third-order valence-electron chi connectivity index (χ3n) is 4.40. The molecule has 2 heterocycles. The van der Waals surface area contributed by atoms with Gasteiger partial charge in [0.15, 0.2) is 0 Å². The van der Waals surface area contributed by atoms with Gasteiger partial charge in [0.2, 0.25) is 5.91 Å². The minimum atomic E-state index is -0.395. The number of nitrogens with zero attached hydrogens (tertiary/aromatic N) is 2. The maximum Gasteiger partial charge on any atom is 0.274 e. The van der Waals surface area contributed by atoms with E-state index in [9.17, 15) is 14.0 Å². The van der Waals surface area contributed by atoms with Crippen LogP contribution in [-0.4, -0.2) is 24.1 Å². The molecule has 0 aliphatic carbocycles. The average Bonchev–Trinajstić information content (AvgIpc) is 2.96. The van der Waals surface area contributed by atoms with Gasteiger partial charge >= 0.3 is 0 Å². The summed E-state index contributed by atoms with van der Waals surface area (Å²) in [5.41, 5.74) is 0.614. The molecular formula is C18H19FN2O3. The molecule has 0 bridgehead atoms. The van der Waals surface area contributed by atoms with Gasteiger partial charge in [-0.1, -0.05) is 6.07 Å². The number of carbonyl (C=O) groups excluding carboxylic acids is 1. The van der Waals surface area contributed by atoms with Gasteiger partial charge in [0, 0.05) is 37.7 Å². The first-order valence-corrected chi connectivity index (χ1v) is 7.88. The number of ether oxygens (including phenoxy) is 1. The van der Waals surface area contributed by atoms with Crippen LogP contribution in [0.2, 0.25) is 0 Å². The molecule has 5 nitrogen and oxygen atoms in total. The van der Waals surface area contributed by atoms with Crippen molar-refractivity contribution in [1.29, 1.82) is 0 Å². The molecule has 0 radical (unpaired) electrons. The molecule has 126 valence electrons. The molecular weight excluding hydrogens is 311 g/mol. The molecule has 1 saturated heterocycles. The van der Waals surface area contributed by atoms with Crippen LogP contribution in [0.4, 0.5) is 10.1 Å². The van der Waals surface area contributed by atoms with Crippen LogP contribution in [0, 0.1) is 5.82 Å². The van der Waals surface area contributed by atoms with Gasteiger partial charge in [0.1, 0.15) is 17.3 Å². The number of methoxy groups -OCH3 is 1. The lowest BCUT2D eigenvalue weighted by atomic mass is 9.97. The van der Waals surface area contributed by atoms with E-state index in [1.165, 1.54) is 18.1 Å². The Morgan fingerprint density at radius 1 is 1.29 bits per heavy atom. The summed E-state index contributed by atoms with van der Waals surface area (Å²) in [6.45, 7) is 2.70. The van der Waals surface area contributed by atoms with Gasteiger partial charge in [0.05, 0.1) is 7.11 Å². The third-order valence-corrected chi connectivity index (χ3v) is 4.40. The Morgan fingerprint density at radius 3 is 2.75 bits per heavy atom. The Bertz CT molecular complexity index is 831. The Kier molecular flexibility index (Phi) is 4.38. The lowest BCUT2D eigenvalue weighted by Gasteiger charge is -2.17. The second-order valence-electron chi connectivity index (χ2n) is 5.78. The molecule has 1 atom stereocenters. The van der Waals surface area contributed by atoms with Crippen LogP contribution in [0.3, 0.4) is 0 Å². The predicted octanol–water partition coefficient (Wildman–Crippen LogP) is 2.54. The molecule has 1 unspecified atom stereocenters. The topological polar surface area (TPSA) is 51.5 Å². The molecule has 1 aliphatic rings. The van der Waals surface area contributed by atoms with Crippen LogP contribution in [0.25, 0.3) is 0 Å². The van der Waals surface area contributed by atoms with E-state index in [1.807, 2.05) is 6.92 Å². The lowest BCUT2D eigenvalue weighted by molar-refractivity contribution is -0.117. The standard InChI is InChI=1S/C18H19FN2O3/c1-3-20-8-4-5-16(18(20)23)21-11-12(9-17(21)22)14-7-6-13(24-2)10-15(14)19/h4-8,10,12H,3,9,11H2,1-2H3. The van der Waals surface area contributed by atoms with Crippen LogP contribution in [-0.2, 0) is 11.3 Å². The van der Waals surface area contributed by atoms with Gasteiger partial charge in [-0.2, -0.15) is 0 Å². The molecule has 6 heteroatoms. The Hall–Kier alpha value is -2.63. The monoisotopic (exact) mass is 330 g/mol. The lowest BCUT2D eigenvalue weighted by Crippen LogP contribution is -2.32. The molecule has 1 aromatic carbocycles. The van der Waals surface area contributed by atoms with Crippen molar-refractivity contribution in [2.75, 3.05) is 18.6 Å². The van der Waals surface area contributed by atoms with Crippen molar-refractivity contribution in [1.82, 2.24) is 4.57 Å². The average molecular weight is 330 g/mol. The SMILES string of the molecule is CCn1cccc(N2CC(c3ccc(OC)cc3F)CC2=O)c1=O. The third kappa shape index (κ3) is 2.79. The first kappa shape index (κ1) is 16.2. The van der Waals surface area contributed by atoms with E-state index < -0.39 is 5.82 Å². The number of aryl methyl sites for hydroxylation is 1. The maximum atomic E-state index is 14.3. The largest absolute Gasteiger partial charge is 0.497 e. The van der Waals surface area contributed by atoms with Crippen LogP contribution in [0.15, 0.2) is 41.3 Å². The first-order chi connectivity index (χ1) is 11.5. The fraction of sp³-hybridized carbons (Fsp3) is 0.333. The number of benzene rings is 1. The minimum Gasteiger partial charge on any atom is -0.497 e. The fourth-order valence-electron chi connectivity index (χ4n) is 3.09. The van der Waals surface area contributed by atoms with Crippen molar-refractivity contribution >= 4 is 11.6 Å². The highest BCUT2D eigenvalue weighted by Gasteiger charge is 2.34. The molecule has 3 rings (SSSR count). The predicted molar refractivity (Wildman–Crippen MR) is 89.0 cm³/mol. The summed E-state index contributed by atoms with van der Waals surface area (Å²) in [5.74, 6) is -0.404. The Morgan fingerprint density at radius 2 is 2.08 bits per heavy atom. The van der Waals surface area contributed by atoms with E-state index in [0.29, 0.717) is 30.1 Å². The van der Waals surface area contributed by atoms with E-state index >= 15 is 0 Å². The van der Waals surface area contributed by atoms with Crippen LogP contribution < -0.4 is 15.2 Å². The van der Waals surface area contributed by atoms with E-state index in [4.69, 9.17) is 4.74 Å². The molecule has 1 aliphatic heterocycles. The van der Waals surface area contributed by atoms with Crippen molar-refractivity contribution in [2.24, 2.45) is 0 Å². The van der Waals surface area contributed by atoms with E-state index in [0.717, 1.165) is 0 Å². The normalized spacial score (nSPS) is 17.4. The van der Waals surface area contributed by atoms with Gasteiger partial charge < -0.3 is 14.2 Å². The quantitative estimate of drug-likeness (QED) is 0.866. The number of aromatic nitrogens is 1. The first-order valence-electron chi connectivity index (χ1n) is 7.88. The zero-order valence-electron chi connectivity index (χ0n) is 13.7. The summed E-state index contributed by atoms with van der Waals surface area (Å²) in [6.07, 6.45) is 1.87. The van der Waals surface area contributed by atoms with Crippen LogP contribution in [0.1, 0.15) is 24.8 Å². The summed E-state index contributed by atoms with van der Waals surface area (Å²) in [4.78, 5) is 26.2. The van der Waals surface area contributed by atoms with Crippen LogP contribution >= 0.6 is 0 Å². The van der Waals surface area contributed by atoms with E-state index in [1.54, 1.807) is 35.0 Å². The number of anilines is 1. The summed E-state index contributed by atoms with van der Waals surface area (Å²) >= 11 is 0. The van der Waals surface area contributed by atoms with Gasteiger partial charge in [-0.3, -0.25) is 9.59 Å². The number of carbonyl (C=O) groups is 1. The number of rotatable bonds is 4. The molecule has 24 heavy (non-hydrogen) atoms. The Balaban J connectivity index is 1.91. The second kappa shape index (κ2) is 6.47. The zero-order chi connectivity index (χ0) is 17.3. The summed E-state index contributed by atoms with van der Waals surface area (Å²) in [7, 11) is 1.48. The molecule has 0 N–H and O–H groups in total. The molecule has 0 saturated carbocycles. The highest BCUT2D eigenvalue weighted by atomic mass is 19.1. The number of hydrogen-bond donors (Lipinski definition) is 0. The number of halogens is 1. The van der Waals surface area contributed by atoms with Gasteiger partial charge in [-0.05, 0) is 30.7 Å². The minimum absolute atomic E-state index is 0.166. The highest BCUT2D eigenvalue weighted by Crippen LogP contribution is 2.33. The summed E-state index contributed by atoms with van der Waals surface area (Å²) < 4.78 is 20.8. The maximum absolute atomic E-state index is 14.3. The smallest absolute Gasteiger partial charge is 0.274 e. The number of amides is 1. The number of pyridine rings is 1. The molecule has 1 fully saturated rings. The van der Waals surface area contributed by atoms with Crippen molar-refractivity contribution in [3.63, 3.8) is 0 Å².